The Kier molecular flexibility index (Phi) is 4.17. The molecule has 0 bridgehead atoms. The number of pyridine rings is 1. The third-order valence-corrected chi connectivity index (χ3v) is 2.59. The van der Waals surface area contributed by atoms with Gasteiger partial charge in [0, 0.05) is 19.3 Å². The number of carbonyl (C=O) groups excluding carboxylic acids is 2. The number of aromatic hydroxyl groups is 1. The van der Waals surface area contributed by atoms with Crippen LogP contribution in [0.15, 0.2) is 29.0 Å². The number of hydrogen-bond acceptors (Lipinski definition) is 6. The van der Waals surface area contributed by atoms with Gasteiger partial charge in [0.25, 0.3) is 5.91 Å². The fourth-order valence-corrected chi connectivity index (χ4v) is 1.66. The van der Waals surface area contributed by atoms with E-state index in [4.69, 9.17) is 4.52 Å². The van der Waals surface area contributed by atoms with Gasteiger partial charge in [-0.2, -0.15) is 0 Å². The van der Waals surface area contributed by atoms with Crippen molar-refractivity contribution in [3.63, 3.8) is 0 Å². The van der Waals surface area contributed by atoms with Crippen molar-refractivity contribution in [2.24, 2.45) is 0 Å². The highest BCUT2D eigenvalue weighted by Crippen LogP contribution is 2.11. The molecule has 2 rings (SSSR count). The summed E-state index contributed by atoms with van der Waals surface area (Å²) in [5, 5.41) is 15.4. The lowest BCUT2D eigenvalue weighted by atomic mass is 10.2. The summed E-state index contributed by atoms with van der Waals surface area (Å²) in [5.41, 5.74) is 0.197. The minimum absolute atomic E-state index is 0.114. The predicted octanol–water partition coefficient (Wildman–Crippen LogP) is 0.794. The van der Waals surface area contributed by atoms with Crippen LogP contribution in [0.4, 0.5) is 5.82 Å². The van der Waals surface area contributed by atoms with E-state index in [9.17, 15) is 14.7 Å². The molecule has 2 aromatic rings. The van der Waals surface area contributed by atoms with Crippen LogP contribution < -0.4 is 5.32 Å². The summed E-state index contributed by atoms with van der Waals surface area (Å²) in [6.45, 7) is 1.54. The highest BCUT2D eigenvalue weighted by molar-refractivity contribution is 5.98. The Morgan fingerprint density at radius 1 is 1.38 bits per heavy atom. The van der Waals surface area contributed by atoms with E-state index >= 15 is 0 Å². The Balaban J connectivity index is 1.95. The van der Waals surface area contributed by atoms with E-state index in [1.165, 1.54) is 30.4 Å². The lowest BCUT2D eigenvalue weighted by molar-refractivity contribution is -0.116. The number of anilines is 1. The fourth-order valence-electron chi connectivity index (χ4n) is 1.66. The number of nitrogens with one attached hydrogen (secondary N) is 1. The number of aryl methyl sites for hydroxylation is 1. The number of amides is 2. The van der Waals surface area contributed by atoms with E-state index in [1.807, 2.05) is 0 Å². The summed E-state index contributed by atoms with van der Waals surface area (Å²) < 4.78 is 4.82. The van der Waals surface area contributed by atoms with Gasteiger partial charge in [-0.25, -0.2) is 0 Å². The van der Waals surface area contributed by atoms with Crippen LogP contribution in [0.1, 0.15) is 16.1 Å². The minimum Gasteiger partial charge on any atom is -0.506 e. The number of likely N-dealkylation sites (N-methyl/N-ethyl adjacent to an activating group) is 1. The Hall–Kier alpha value is -2.90. The largest absolute Gasteiger partial charge is 0.506 e. The molecule has 0 saturated heterocycles. The normalized spacial score (nSPS) is 10.2. The molecule has 8 heteroatoms. The third-order valence-electron chi connectivity index (χ3n) is 2.59. The van der Waals surface area contributed by atoms with Gasteiger partial charge in [0.2, 0.25) is 5.91 Å². The Bertz CT molecular complexity index is 668. The number of aromatic nitrogens is 2. The van der Waals surface area contributed by atoms with E-state index in [0.29, 0.717) is 5.76 Å². The van der Waals surface area contributed by atoms with Gasteiger partial charge in [-0.3, -0.25) is 14.6 Å². The molecule has 2 N–H and O–H groups in total. The van der Waals surface area contributed by atoms with Gasteiger partial charge >= 0.3 is 0 Å². The van der Waals surface area contributed by atoms with Crippen molar-refractivity contribution in [1.29, 1.82) is 0 Å². The van der Waals surface area contributed by atoms with E-state index in [2.05, 4.69) is 15.5 Å². The van der Waals surface area contributed by atoms with Crippen LogP contribution in [0.25, 0.3) is 0 Å². The second-order valence-electron chi connectivity index (χ2n) is 4.46. The zero-order valence-electron chi connectivity index (χ0n) is 11.5. The molecule has 0 aliphatic carbocycles. The fraction of sp³-hybridized carbons (Fsp3) is 0.231. The first-order chi connectivity index (χ1) is 9.95. The van der Waals surface area contributed by atoms with E-state index in [0.717, 1.165) is 0 Å². The molecule has 2 heterocycles. The molecule has 0 aliphatic rings. The van der Waals surface area contributed by atoms with Gasteiger partial charge in [-0.05, 0) is 13.0 Å². The molecular weight excluding hydrogens is 276 g/mol. The maximum atomic E-state index is 12.0. The van der Waals surface area contributed by atoms with Crippen LogP contribution >= 0.6 is 0 Å². The predicted molar refractivity (Wildman–Crippen MR) is 72.7 cm³/mol. The Morgan fingerprint density at radius 2 is 2.14 bits per heavy atom. The van der Waals surface area contributed by atoms with E-state index in [-0.39, 0.29) is 23.7 Å². The summed E-state index contributed by atoms with van der Waals surface area (Å²) in [4.78, 5) is 28.8. The zero-order chi connectivity index (χ0) is 15.4. The first kappa shape index (κ1) is 14.5. The number of nitrogens with zero attached hydrogens (tertiary/aromatic N) is 3. The molecule has 0 unspecified atom stereocenters. The van der Waals surface area contributed by atoms with Crippen molar-refractivity contribution in [2.45, 2.75) is 6.92 Å². The zero-order valence-corrected chi connectivity index (χ0v) is 11.5. The molecule has 0 saturated carbocycles. The molecule has 0 fully saturated rings. The SMILES string of the molecule is Cc1cc(NC(=O)CN(C)C(=O)c2cncc(O)c2)no1. The summed E-state index contributed by atoms with van der Waals surface area (Å²) >= 11 is 0. The van der Waals surface area contributed by atoms with Gasteiger partial charge in [-0.1, -0.05) is 5.16 Å². The van der Waals surface area contributed by atoms with E-state index < -0.39 is 11.8 Å². The average Bonchev–Trinajstić information content (AvgIpc) is 2.82. The van der Waals surface area contributed by atoms with Gasteiger partial charge in [0.15, 0.2) is 5.82 Å². The highest BCUT2D eigenvalue weighted by Gasteiger charge is 2.16. The molecule has 0 aliphatic heterocycles. The van der Waals surface area contributed by atoms with Crippen LogP contribution in [0.2, 0.25) is 0 Å². The highest BCUT2D eigenvalue weighted by atomic mass is 16.5. The maximum Gasteiger partial charge on any atom is 0.255 e. The molecule has 110 valence electrons. The Labute approximate surface area is 120 Å². The van der Waals surface area contributed by atoms with Crippen LogP contribution in [-0.4, -0.2) is 45.6 Å². The van der Waals surface area contributed by atoms with Gasteiger partial charge in [-0.15, -0.1) is 0 Å². The molecule has 2 aromatic heterocycles. The molecule has 0 spiro atoms. The molecule has 2 amide bonds. The summed E-state index contributed by atoms with van der Waals surface area (Å²) in [7, 11) is 1.47. The standard InChI is InChI=1S/C13H14N4O4/c1-8-3-11(16-21-8)15-12(19)7-17(2)13(20)9-4-10(18)6-14-5-9/h3-6,18H,7H2,1-2H3,(H,15,16,19). The molecule has 0 radical (unpaired) electrons. The van der Waals surface area contributed by atoms with Crippen LogP contribution in [0.3, 0.4) is 0 Å². The molecule has 0 atom stereocenters. The second-order valence-corrected chi connectivity index (χ2v) is 4.46. The molecule has 8 nitrogen and oxygen atoms in total. The first-order valence-electron chi connectivity index (χ1n) is 6.08. The van der Waals surface area contributed by atoms with Crippen molar-refractivity contribution in [3.8, 4) is 5.75 Å². The second kappa shape index (κ2) is 6.04. The number of carbonyl (C=O) groups is 2. The number of hydrogen-bond donors (Lipinski definition) is 2. The lowest BCUT2D eigenvalue weighted by Gasteiger charge is -2.16. The van der Waals surface area contributed by atoms with Crippen molar-refractivity contribution < 1.29 is 19.2 Å². The summed E-state index contributed by atoms with van der Waals surface area (Å²) in [6, 6.07) is 2.85. The average molecular weight is 290 g/mol. The quantitative estimate of drug-likeness (QED) is 0.862. The lowest BCUT2D eigenvalue weighted by Crippen LogP contribution is -2.35. The van der Waals surface area contributed by atoms with Gasteiger partial charge in [0.05, 0.1) is 18.3 Å². The molecular formula is C13H14N4O4. The molecule has 0 aromatic carbocycles. The first-order valence-corrected chi connectivity index (χ1v) is 6.08. The molecule has 21 heavy (non-hydrogen) atoms. The smallest absolute Gasteiger partial charge is 0.255 e. The van der Waals surface area contributed by atoms with Gasteiger partial charge < -0.3 is 19.8 Å². The monoisotopic (exact) mass is 290 g/mol. The van der Waals surface area contributed by atoms with E-state index in [1.54, 1.807) is 13.0 Å². The van der Waals surface area contributed by atoms with Crippen molar-refractivity contribution in [1.82, 2.24) is 15.0 Å². The maximum absolute atomic E-state index is 12.0. The Morgan fingerprint density at radius 3 is 2.76 bits per heavy atom. The van der Waals surface area contributed by atoms with Crippen LogP contribution in [-0.2, 0) is 4.79 Å². The van der Waals surface area contributed by atoms with Crippen molar-refractivity contribution in [2.75, 3.05) is 18.9 Å². The van der Waals surface area contributed by atoms with Crippen LogP contribution in [0.5, 0.6) is 5.75 Å². The minimum atomic E-state index is -0.426. The van der Waals surface area contributed by atoms with Gasteiger partial charge in [0.1, 0.15) is 11.5 Å². The summed E-state index contributed by atoms with van der Waals surface area (Å²) in [5.74, 6) is -0.0909. The topological polar surface area (TPSA) is 109 Å². The third kappa shape index (κ3) is 3.78. The van der Waals surface area contributed by atoms with Crippen molar-refractivity contribution in [3.05, 3.63) is 35.9 Å². The summed E-state index contributed by atoms with van der Waals surface area (Å²) in [6.07, 6.45) is 2.54. The van der Waals surface area contributed by atoms with Crippen molar-refractivity contribution >= 4 is 17.6 Å². The van der Waals surface area contributed by atoms with Crippen LogP contribution in [0, 0.1) is 6.92 Å². The number of rotatable bonds is 4.